The number of para-hydroxylation sites is 2. The molecule has 10 heteroatoms. The van der Waals surface area contributed by atoms with E-state index in [4.69, 9.17) is 56.4 Å². The maximum atomic E-state index is 14.2. The van der Waals surface area contributed by atoms with Crippen LogP contribution >= 0.6 is 46.4 Å². The van der Waals surface area contributed by atoms with Gasteiger partial charge in [-0.1, -0.05) is 94.9 Å². The maximum absolute atomic E-state index is 14.2. The summed E-state index contributed by atoms with van der Waals surface area (Å²) in [5.74, 6) is -0.231. The molecule has 0 atom stereocenters. The first-order valence-electron chi connectivity index (χ1n) is 15.1. The van der Waals surface area contributed by atoms with Gasteiger partial charge in [0.2, 0.25) is 0 Å². The molecule has 0 aliphatic carbocycles. The Bertz CT molecular complexity index is 2050. The first-order valence-corrected chi connectivity index (χ1v) is 16.6. The van der Waals surface area contributed by atoms with E-state index in [1.807, 2.05) is 82.6 Å². The zero-order chi connectivity index (χ0) is 32.7. The van der Waals surface area contributed by atoms with Crippen LogP contribution in [0.3, 0.4) is 0 Å². The molecule has 1 fully saturated rings. The summed E-state index contributed by atoms with van der Waals surface area (Å²) in [5, 5.41) is 3.24. The van der Waals surface area contributed by atoms with Gasteiger partial charge in [0.1, 0.15) is 0 Å². The number of carbonyl (C=O) groups is 2. The monoisotopic (exact) mass is 698 g/mol. The summed E-state index contributed by atoms with van der Waals surface area (Å²) in [6.45, 7) is 1.78. The molecule has 0 radical (unpaired) electrons. The van der Waals surface area contributed by atoms with E-state index in [1.54, 1.807) is 24.3 Å². The Morgan fingerprint density at radius 3 is 1.36 bits per heavy atom. The Balaban J connectivity index is 1.18. The van der Waals surface area contributed by atoms with Crippen LogP contribution in [0.5, 0.6) is 0 Å². The van der Waals surface area contributed by atoms with Gasteiger partial charge in [-0.15, -0.1) is 0 Å². The third-order valence-corrected chi connectivity index (χ3v) is 9.87. The summed E-state index contributed by atoms with van der Waals surface area (Å²) < 4.78 is 0. The van der Waals surface area contributed by atoms with Gasteiger partial charge < -0.3 is 9.80 Å². The number of carbonyl (C=O) groups excluding carboxylic acids is 2. The molecule has 7 rings (SSSR count). The lowest BCUT2D eigenvalue weighted by Crippen LogP contribution is -2.37. The van der Waals surface area contributed by atoms with Crippen molar-refractivity contribution in [2.24, 2.45) is 0 Å². The molecule has 0 bridgehead atoms. The van der Waals surface area contributed by atoms with E-state index in [0.29, 0.717) is 86.2 Å². The molecule has 2 aromatic heterocycles. The van der Waals surface area contributed by atoms with Crippen LogP contribution in [0.2, 0.25) is 20.1 Å². The van der Waals surface area contributed by atoms with Crippen molar-refractivity contribution in [1.29, 1.82) is 0 Å². The highest BCUT2D eigenvalue weighted by Crippen LogP contribution is 2.32. The number of nitrogens with zero attached hydrogens (tertiary/aromatic N) is 4. The van der Waals surface area contributed by atoms with Gasteiger partial charge >= 0.3 is 0 Å². The van der Waals surface area contributed by atoms with Crippen LogP contribution in [0.15, 0.2) is 97.1 Å². The molecule has 3 heterocycles. The molecule has 6 aromatic rings. The SMILES string of the molecule is O=C(c1cc(-c2ccc(Cl)c(Cl)c2)nc2ccccc12)N1CCCN(C(=O)c2cc(-c3ccc(Cl)c(Cl)c3)nc3ccccc23)CC1. The number of aromatic nitrogens is 2. The van der Waals surface area contributed by atoms with Gasteiger partial charge in [0.05, 0.1) is 53.6 Å². The van der Waals surface area contributed by atoms with Crippen LogP contribution in [0, 0.1) is 0 Å². The van der Waals surface area contributed by atoms with Crippen molar-refractivity contribution < 1.29 is 9.59 Å². The summed E-state index contributed by atoms with van der Waals surface area (Å²) in [6.07, 6.45) is 0.628. The largest absolute Gasteiger partial charge is 0.337 e. The molecule has 1 saturated heterocycles. The minimum Gasteiger partial charge on any atom is -0.337 e. The lowest BCUT2D eigenvalue weighted by molar-refractivity contribution is 0.0720. The Kier molecular flexibility index (Phi) is 8.77. The first kappa shape index (κ1) is 31.4. The quantitative estimate of drug-likeness (QED) is 0.184. The molecule has 2 amide bonds. The molecule has 0 spiro atoms. The fraction of sp³-hybridized carbons (Fsp3) is 0.135. The van der Waals surface area contributed by atoms with Crippen LogP contribution in [-0.4, -0.2) is 57.8 Å². The van der Waals surface area contributed by atoms with Crippen molar-refractivity contribution in [2.75, 3.05) is 26.2 Å². The van der Waals surface area contributed by atoms with Crippen LogP contribution in [0.1, 0.15) is 27.1 Å². The van der Waals surface area contributed by atoms with Crippen LogP contribution in [0.25, 0.3) is 44.3 Å². The summed E-state index contributed by atoms with van der Waals surface area (Å²) in [6, 6.07) is 29.4. The summed E-state index contributed by atoms with van der Waals surface area (Å²) in [7, 11) is 0. The topological polar surface area (TPSA) is 66.4 Å². The second kappa shape index (κ2) is 13.1. The van der Waals surface area contributed by atoms with Crippen molar-refractivity contribution in [3.05, 3.63) is 128 Å². The van der Waals surface area contributed by atoms with E-state index >= 15 is 0 Å². The first-order chi connectivity index (χ1) is 22.8. The van der Waals surface area contributed by atoms with Gasteiger partial charge in [-0.2, -0.15) is 0 Å². The smallest absolute Gasteiger partial charge is 0.254 e. The van der Waals surface area contributed by atoms with Gasteiger partial charge in [-0.25, -0.2) is 9.97 Å². The Labute approximate surface area is 291 Å². The molecule has 1 aliphatic rings. The number of hydrogen-bond donors (Lipinski definition) is 0. The zero-order valence-corrected chi connectivity index (χ0v) is 27.9. The summed E-state index contributed by atoms with van der Waals surface area (Å²) in [4.78, 5) is 41.6. The summed E-state index contributed by atoms with van der Waals surface area (Å²) in [5.41, 5.74) is 5.26. The third kappa shape index (κ3) is 6.27. The lowest BCUT2D eigenvalue weighted by atomic mass is 10.0. The van der Waals surface area contributed by atoms with E-state index < -0.39 is 0 Å². The van der Waals surface area contributed by atoms with Crippen molar-refractivity contribution in [3.63, 3.8) is 0 Å². The predicted molar refractivity (Wildman–Crippen MR) is 191 cm³/mol. The fourth-order valence-corrected chi connectivity index (χ4v) is 6.57. The molecular formula is C37H26Cl4N4O2. The summed E-state index contributed by atoms with van der Waals surface area (Å²) >= 11 is 24.9. The fourth-order valence-electron chi connectivity index (χ4n) is 5.98. The molecule has 0 unspecified atom stereocenters. The standard InChI is InChI=1S/C37H26Cl4N4O2/c38-28-12-10-22(18-30(28)40)34-20-26(24-6-1-3-8-32(24)42-34)36(46)44-14-5-15-45(17-16-44)37(47)27-21-35(23-11-13-29(39)31(41)19-23)43-33-9-4-2-7-25(27)33/h1-4,6-13,18-21H,5,14-17H2. The van der Waals surface area contributed by atoms with Gasteiger partial charge in [-0.3, -0.25) is 9.59 Å². The molecule has 234 valence electrons. The predicted octanol–water partition coefficient (Wildman–Crippen LogP) is 9.72. The van der Waals surface area contributed by atoms with Crippen molar-refractivity contribution in [1.82, 2.24) is 19.8 Å². The number of hydrogen-bond acceptors (Lipinski definition) is 4. The van der Waals surface area contributed by atoms with Crippen molar-refractivity contribution >= 4 is 80.0 Å². The molecule has 0 saturated carbocycles. The van der Waals surface area contributed by atoms with Gasteiger partial charge in [0.25, 0.3) is 11.8 Å². The zero-order valence-electron chi connectivity index (χ0n) is 24.9. The molecule has 47 heavy (non-hydrogen) atoms. The van der Waals surface area contributed by atoms with Crippen LogP contribution in [0.4, 0.5) is 0 Å². The maximum Gasteiger partial charge on any atom is 0.254 e. The Morgan fingerprint density at radius 2 is 0.936 bits per heavy atom. The highest BCUT2D eigenvalue weighted by molar-refractivity contribution is 6.42. The van der Waals surface area contributed by atoms with Crippen LogP contribution < -0.4 is 0 Å². The number of pyridine rings is 2. The van der Waals surface area contributed by atoms with Gasteiger partial charge in [0, 0.05) is 48.1 Å². The third-order valence-electron chi connectivity index (χ3n) is 8.39. The molecule has 6 nitrogen and oxygen atoms in total. The number of benzene rings is 4. The number of fused-ring (bicyclic) bond motifs is 2. The van der Waals surface area contributed by atoms with E-state index in [1.165, 1.54) is 0 Å². The number of halogens is 4. The normalized spacial score (nSPS) is 13.6. The molecule has 1 aliphatic heterocycles. The average molecular weight is 700 g/mol. The minimum atomic E-state index is -0.115. The van der Waals surface area contributed by atoms with E-state index in [9.17, 15) is 9.59 Å². The van der Waals surface area contributed by atoms with Crippen LogP contribution in [-0.2, 0) is 0 Å². The molecular weight excluding hydrogens is 674 g/mol. The molecule has 4 aromatic carbocycles. The average Bonchev–Trinajstić information content (AvgIpc) is 3.35. The highest BCUT2D eigenvalue weighted by atomic mass is 35.5. The number of amides is 2. The minimum absolute atomic E-state index is 0.115. The lowest BCUT2D eigenvalue weighted by Gasteiger charge is -2.23. The van der Waals surface area contributed by atoms with Crippen molar-refractivity contribution in [3.8, 4) is 22.5 Å². The van der Waals surface area contributed by atoms with E-state index in [2.05, 4.69) is 0 Å². The highest BCUT2D eigenvalue weighted by Gasteiger charge is 2.27. The molecule has 0 N–H and O–H groups in total. The second-order valence-corrected chi connectivity index (χ2v) is 13.0. The Morgan fingerprint density at radius 1 is 0.511 bits per heavy atom. The van der Waals surface area contributed by atoms with E-state index in [0.717, 1.165) is 21.9 Å². The van der Waals surface area contributed by atoms with E-state index in [-0.39, 0.29) is 11.8 Å². The second-order valence-electron chi connectivity index (χ2n) is 11.3. The van der Waals surface area contributed by atoms with Gasteiger partial charge in [-0.05, 0) is 55.0 Å². The number of rotatable bonds is 4. The van der Waals surface area contributed by atoms with Crippen molar-refractivity contribution in [2.45, 2.75) is 6.42 Å². The Hall–Kier alpha value is -4.20. The van der Waals surface area contributed by atoms with Gasteiger partial charge in [0.15, 0.2) is 0 Å².